The number of benzene rings is 1. The standard InChI is InChI=1S/C16H24O4/c1-11(2)20-16(17)13(4)12(3)10-19-15-8-6-14(18-5)7-9-15/h6-9,11-13H,10H2,1-5H3. The molecule has 0 saturated carbocycles. The molecule has 1 aromatic carbocycles. The van der Waals surface area contributed by atoms with Gasteiger partial charge in [-0.2, -0.15) is 0 Å². The van der Waals surface area contributed by atoms with Gasteiger partial charge in [-0.05, 0) is 38.1 Å². The molecule has 4 heteroatoms. The van der Waals surface area contributed by atoms with Gasteiger partial charge in [-0.25, -0.2) is 0 Å². The number of hydrogen-bond donors (Lipinski definition) is 0. The van der Waals surface area contributed by atoms with E-state index < -0.39 is 0 Å². The molecule has 4 nitrogen and oxygen atoms in total. The molecule has 20 heavy (non-hydrogen) atoms. The summed E-state index contributed by atoms with van der Waals surface area (Å²) in [6, 6.07) is 7.39. The Morgan fingerprint density at radius 2 is 1.60 bits per heavy atom. The highest BCUT2D eigenvalue weighted by atomic mass is 16.5. The topological polar surface area (TPSA) is 44.8 Å². The van der Waals surface area contributed by atoms with E-state index in [0.29, 0.717) is 6.61 Å². The molecule has 0 bridgehead atoms. The second kappa shape index (κ2) is 7.78. The third-order valence-electron chi connectivity index (χ3n) is 3.15. The Kier molecular flexibility index (Phi) is 6.36. The van der Waals surface area contributed by atoms with Crippen LogP contribution in [0.2, 0.25) is 0 Å². The molecule has 0 spiro atoms. The molecular weight excluding hydrogens is 256 g/mol. The van der Waals surface area contributed by atoms with E-state index in [-0.39, 0.29) is 23.9 Å². The number of carbonyl (C=O) groups is 1. The van der Waals surface area contributed by atoms with E-state index in [1.165, 1.54) is 0 Å². The van der Waals surface area contributed by atoms with Gasteiger partial charge in [-0.15, -0.1) is 0 Å². The summed E-state index contributed by atoms with van der Waals surface area (Å²) in [4.78, 5) is 11.8. The summed E-state index contributed by atoms with van der Waals surface area (Å²) < 4.78 is 16.0. The van der Waals surface area contributed by atoms with Gasteiger partial charge < -0.3 is 14.2 Å². The average Bonchev–Trinajstić information content (AvgIpc) is 2.43. The summed E-state index contributed by atoms with van der Waals surface area (Å²) in [7, 11) is 1.62. The second-order valence-corrected chi connectivity index (χ2v) is 5.24. The summed E-state index contributed by atoms with van der Waals surface area (Å²) in [5, 5.41) is 0. The summed E-state index contributed by atoms with van der Waals surface area (Å²) in [5.74, 6) is 1.28. The van der Waals surface area contributed by atoms with Crippen LogP contribution >= 0.6 is 0 Å². The SMILES string of the molecule is COc1ccc(OCC(C)C(C)C(=O)OC(C)C)cc1. The van der Waals surface area contributed by atoms with Crippen LogP contribution in [0, 0.1) is 11.8 Å². The van der Waals surface area contributed by atoms with Crippen LogP contribution < -0.4 is 9.47 Å². The van der Waals surface area contributed by atoms with Crippen molar-refractivity contribution < 1.29 is 19.0 Å². The molecular formula is C16H24O4. The molecule has 0 radical (unpaired) electrons. The number of rotatable bonds is 7. The Balaban J connectivity index is 2.45. The largest absolute Gasteiger partial charge is 0.497 e. The van der Waals surface area contributed by atoms with Gasteiger partial charge in [0.15, 0.2) is 0 Å². The molecule has 1 rings (SSSR count). The Morgan fingerprint density at radius 1 is 1.05 bits per heavy atom. The lowest BCUT2D eigenvalue weighted by Gasteiger charge is -2.20. The quantitative estimate of drug-likeness (QED) is 0.719. The fraction of sp³-hybridized carbons (Fsp3) is 0.562. The van der Waals surface area contributed by atoms with E-state index in [2.05, 4.69) is 0 Å². The van der Waals surface area contributed by atoms with E-state index in [4.69, 9.17) is 14.2 Å². The first kappa shape index (κ1) is 16.3. The third kappa shape index (κ3) is 5.11. The molecule has 2 atom stereocenters. The minimum absolute atomic E-state index is 0.0837. The van der Waals surface area contributed by atoms with Crippen molar-refractivity contribution in [1.82, 2.24) is 0 Å². The van der Waals surface area contributed by atoms with Crippen molar-refractivity contribution in [2.24, 2.45) is 11.8 Å². The Labute approximate surface area is 121 Å². The monoisotopic (exact) mass is 280 g/mol. The molecule has 0 aliphatic carbocycles. The third-order valence-corrected chi connectivity index (χ3v) is 3.15. The number of methoxy groups -OCH3 is 1. The summed E-state index contributed by atoms with van der Waals surface area (Å²) >= 11 is 0. The average molecular weight is 280 g/mol. The fourth-order valence-corrected chi connectivity index (χ4v) is 1.62. The van der Waals surface area contributed by atoms with Gasteiger partial charge in [0.2, 0.25) is 0 Å². The molecule has 112 valence electrons. The molecule has 0 amide bonds. The molecule has 0 fully saturated rings. The van der Waals surface area contributed by atoms with Crippen LogP contribution in [0.25, 0.3) is 0 Å². The molecule has 0 aromatic heterocycles. The maximum absolute atomic E-state index is 11.8. The van der Waals surface area contributed by atoms with Crippen LogP contribution in [0.5, 0.6) is 11.5 Å². The predicted octanol–water partition coefficient (Wildman–Crippen LogP) is 3.30. The van der Waals surface area contributed by atoms with Crippen molar-refractivity contribution in [3.63, 3.8) is 0 Å². The summed E-state index contributed by atoms with van der Waals surface area (Å²) in [6.07, 6.45) is -0.0837. The molecule has 0 N–H and O–H groups in total. The van der Waals surface area contributed by atoms with E-state index in [1.54, 1.807) is 7.11 Å². The van der Waals surface area contributed by atoms with Crippen LogP contribution in [0.15, 0.2) is 24.3 Å². The van der Waals surface area contributed by atoms with Gasteiger partial charge in [0.25, 0.3) is 0 Å². The van der Waals surface area contributed by atoms with Gasteiger partial charge in [0.1, 0.15) is 11.5 Å². The molecule has 0 saturated heterocycles. The minimum Gasteiger partial charge on any atom is -0.497 e. The van der Waals surface area contributed by atoms with Crippen molar-refractivity contribution in [2.75, 3.05) is 13.7 Å². The first-order valence-electron chi connectivity index (χ1n) is 6.91. The predicted molar refractivity (Wildman–Crippen MR) is 78.0 cm³/mol. The van der Waals surface area contributed by atoms with Gasteiger partial charge >= 0.3 is 5.97 Å². The molecule has 1 aromatic rings. The van der Waals surface area contributed by atoms with Gasteiger partial charge in [-0.3, -0.25) is 4.79 Å². The molecule has 0 aliphatic rings. The van der Waals surface area contributed by atoms with Crippen LogP contribution in [0.3, 0.4) is 0 Å². The molecule has 0 heterocycles. The Bertz CT molecular complexity index is 411. The number of ether oxygens (including phenoxy) is 3. The lowest BCUT2D eigenvalue weighted by molar-refractivity contribution is -0.153. The normalized spacial score (nSPS) is 13.7. The first-order chi connectivity index (χ1) is 9.43. The lowest BCUT2D eigenvalue weighted by atomic mass is 9.97. The van der Waals surface area contributed by atoms with E-state index in [9.17, 15) is 4.79 Å². The fourth-order valence-electron chi connectivity index (χ4n) is 1.62. The minimum atomic E-state index is -0.185. The van der Waals surface area contributed by atoms with Crippen molar-refractivity contribution in [3.05, 3.63) is 24.3 Å². The van der Waals surface area contributed by atoms with Crippen molar-refractivity contribution in [2.45, 2.75) is 33.8 Å². The van der Waals surface area contributed by atoms with Crippen molar-refractivity contribution >= 4 is 5.97 Å². The van der Waals surface area contributed by atoms with Crippen LogP contribution in [0.1, 0.15) is 27.7 Å². The van der Waals surface area contributed by atoms with E-state index in [1.807, 2.05) is 52.0 Å². The molecule has 2 unspecified atom stereocenters. The number of carbonyl (C=O) groups excluding carboxylic acids is 1. The maximum Gasteiger partial charge on any atom is 0.309 e. The number of hydrogen-bond acceptors (Lipinski definition) is 4. The van der Waals surface area contributed by atoms with Gasteiger partial charge in [0, 0.05) is 5.92 Å². The summed E-state index contributed by atoms with van der Waals surface area (Å²) in [5.41, 5.74) is 0. The zero-order valence-corrected chi connectivity index (χ0v) is 12.9. The number of esters is 1. The van der Waals surface area contributed by atoms with E-state index >= 15 is 0 Å². The van der Waals surface area contributed by atoms with Crippen LogP contribution in [-0.4, -0.2) is 25.8 Å². The highest BCUT2D eigenvalue weighted by Gasteiger charge is 2.23. The summed E-state index contributed by atoms with van der Waals surface area (Å²) in [6.45, 7) is 8.02. The lowest BCUT2D eigenvalue weighted by Crippen LogP contribution is -2.27. The maximum atomic E-state index is 11.8. The first-order valence-corrected chi connectivity index (χ1v) is 6.91. The van der Waals surface area contributed by atoms with E-state index in [0.717, 1.165) is 11.5 Å². The zero-order chi connectivity index (χ0) is 15.1. The van der Waals surface area contributed by atoms with Gasteiger partial charge in [-0.1, -0.05) is 13.8 Å². The van der Waals surface area contributed by atoms with Crippen molar-refractivity contribution in [3.8, 4) is 11.5 Å². The van der Waals surface area contributed by atoms with Crippen molar-refractivity contribution in [1.29, 1.82) is 0 Å². The Hall–Kier alpha value is -1.71. The highest BCUT2D eigenvalue weighted by Crippen LogP contribution is 2.20. The highest BCUT2D eigenvalue weighted by molar-refractivity contribution is 5.72. The smallest absolute Gasteiger partial charge is 0.309 e. The molecule has 0 aliphatic heterocycles. The van der Waals surface area contributed by atoms with Crippen LogP contribution in [0.4, 0.5) is 0 Å². The van der Waals surface area contributed by atoms with Gasteiger partial charge in [0.05, 0.1) is 25.7 Å². The van der Waals surface area contributed by atoms with Crippen LogP contribution in [-0.2, 0) is 9.53 Å². The zero-order valence-electron chi connectivity index (χ0n) is 12.9. The second-order valence-electron chi connectivity index (χ2n) is 5.24. The Morgan fingerprint density at radius 3 is 2.10 bits per heavy atom.